The quantitative estimate of drug-likeness (QED) is 0.842. The number of hydroxylamine groups is 2. The normalized spacial score (nSPS) is 24.3. The molecule has 1 aromatic rings. The Labute approximate surface area is 112 Å². The molecule has 2 N–H and O–H groups in total. The largest absolute Gasteiger partial charge is 0.480 e. The molecular formula is C14H19NO4. The zero-order valence-electron chi connectivity index (χ0n) is 10.8. The lowest BCUT2D eigenvalue weighted by Crippen LogP contribution is -2.59. The average Bonchev–Trinajstić information content (AvgIpc) is 2.46. The maximum absolute atomic E-state index is 11.4. The minimum Gasteiger partial charge on any atom is -0.480 e. The molecule has 1 atom stereocenters. The predicted molar refractivity (Wildman–Crippen MR) is 69.2 cm³/mol. The number of nitrogens with zero attached hydrogens (tertiary/aromatic N) is 1. The standard InChI is InChI=1S/C14H19NO4/c16-11-14(13(17)18)8-4-5-9-15(14)19-10-12-6-2-1-3-7-12/h1-3,6-7,16H,4-5,8-11H2,(H,17,18). The van der Waals surface area contributed by atoms with E-state index in [9.17, 15) is 15.0 Å². The van der Waals surface area contributed by atoms with Gasteiger partial charge in [-0.2, -0.15) is 5.06 Å². The lowest BCUT2D eigenvalue weighted by atomic mass is 9.89. The Hall–Kier alpha value is -1.43. The van der Waals surface area contributed by atoms with Gasteiger partial charge < -0.3 is 10.2 Å². The Morgan fingerprint density at radius 3 is 2.68 bits per heavy atom. The van der Waals surface area contributed by atoms with Crippen LogP contribution in [0.5, 0.6) is 0 Å². The fraction of sp³-hybridized carbons (Fsp3) is 0.500. The molecule has 0 bridgehead atoms. The summed E-state index contributed by atoms with van der Waals surface area (Å²) < 4.78 is 0. The van der Waals surface area contributed by atoms with Crippen molar-refractivity contribution in [1.29, 1.82) is 0 Å². The molecule has 0 spiro atoms. The van der Waals surface area contributed by atoms with Gasteiger partial charge in [-0.25, -0.2) is 0 Å². The highest BCUT2D eigenvalue weighted by atomic mass is 16.7. The molecule has 5 nitrogen and oxygen atoms in total. The molecule has 1 fully saturated rings. The van der Waals surface area contributed by atoms with E-state index >= 15 is 0 Å². The summed E-state index contributed by atoms with van der Waals surface area (Å²) in [6, 6.07) is 9.58. The smallest absolute Gasteiger partial charge is 0.328 e. The number of aliphatic hydroxyl groups excluding tert-OH is 1. The van der Waals surface area contributed by atoms with Crippen LogP contribution in [-0.2, 0) is 16.2 Å². The SMILES string of the molecule is O=C(O)C1(CO)CCCCN1OCc1ccccc1. The molecule has 104 valence electrons. The number of rotatable bonds is 5. The van der Waals surface area contributed by atoms with E-state index in [1.165, 1.54) is 5.06 Å². The van der Waals surface area contributed by atoms with Gasteiger partial charge in [0.05, 0.1) is 13.2 Å². The molecule has 19 heavy (non-hydrogen) atoms. The van der Waals surface area contributed by atoms with Gasteiger partial charge in [0.1, 0.15) is 0 Å². The summed E-state index contributed by atoms with van der Waals surface area (Å²) in [4.78, 5) is 17.1. The van der Waals surface area contributed by atoms with Crippen LogP contribution in [0.4, 0.5) is 0 Å². The predicted octanol–water partition coefficient (Wildman–Crippen LogP) is 1.42. The van der Waals surface area contributed by atoms with Gasteiger partial charge in [0, 0.05) is 6.54 Å². The molecule has 2 rings (SSSR count). The van der Waals surface area contributed by atoms with Crippen molar-refractivity contribution in [3.63, 3.8) is 0 Å². The van der Waals surface area contributed by atoms with Crippen LogP contribution in [-0.4, -0.2) is 39.9 Å². The average molecular weight is 265 g/mol. The fourth-order valence-corrected chi connectivity index (χ4v) is 2.37. The number of benzene rings is 1. The van der Waals surface area contributed by atoms with E-state index in [2.05, 4.69) is 0 Å². The Morgan fingerprint density at radius 1 is 1.32 bits per heavy atom. The van der Waals surface area contributed by atoms with Crippen LogP contribution in [0.3, 0.4) is 0 Å². The summed E-state index contributed by atoms with van der Waals surface area (Å²) in [5.74, 6) is -1.03. The first-order chi connectivity index (χ1) is 9.19. The van der Waals surface area contributed by atoms with Gasteiger partial charge >= 0.3 is 5.97 Å². The molecule has 1 saturated heterocycles. The van der Waals surface area contributed by atoms with Crippen LogP contribution in [0.2, 0.25) is 0 Å². The zero-order valence-corrected chi connectivity index (χ0v) is 10.8. The van der Waals surface area contributed by atoms with Gasteiger partial charge in [0.15, 0.2) is 5.54 Å². The van der Waals surface area contributed by atoms with Crippen LogP contribution in [0, 0.1) is 0 Å². The maximum Gasteiger partial charge on any atom is 0.328 e. The zero-order chi connectivity index (χ0) is 13.7. The summed E-state index contributed by atoms with van der Waals surface area (Å²) >= 11 is 0. The van der Waals surface area contributed by atoms with Gasteiger partial charge in [0.2, 0.25) is 0 Å². The highest BCUT2D eigenvalue weighted by molar-refractivity contribution is 5.78. The highest BCUT2D eigenvalue weighted by Crippen LogP contribution is 2.29. The third-order valence-electron chi connectivity index (χ3n) is 3.57. The van der Waals surface area contributed by atoms with Crippen molar-refractivity contribution in [2.45, 2.75) is 31.4 Å². The van der Waals surface area contributed by atoms with Crippen LogP contribution in [0.15, 0.2) is 30.3 Å². The number of piperidine rings is 1. The van der Waals surface area contributed by atoms with Gasteiger partial charge in [-0.15, -0.1) is 0 Å². The van der Waals surface area contributed by atoms with Crippen molar-refractivity contribution in [2.75, 3.05) is 13.2 Å². The van der Waals surface area contributed by atoms with Crippen molar-refractivity contribution in [3.05, 3.63) is 35.9 Å². The van der Waals surface area contributed by atoms with Crippen LogP contribution in [0.25, 0.3) is 0 Å². The molecule has 1 heterocycles. The van der Waals surface area contributed by atoms with Gasteiger partial charge in [-0.3, -0.25) is 9.63 Å². The monoisotopic (exact) mass is 265 g/mol. The van der Waals surface area contributed by atoms with Gasteiger partial charge in [-0.05, 0) is 24.8 Å². The van der Waals surface area contributed by atoms with E-state index in [-0.39, 0.29) is 0 Å². The summed E-state index contributed by atoms with van der Waals surface area (Å²) in [5, 5.41) is 20.3. The second-order valence-electron chi connectivity index (χ2n) is 4.81. The number of carboxylic acids is 1. The van der Waals surface area contributed by atoms with E-state index in [4.69, 9.17) is 4.84 Å². The fourth-order valence-electron chi connectivity index (χ4n) is 2.37. The maximum atomic E-state index is 11.4. The van der Waals surface area contributed by atoms with Crippen molar-refractivity contribution in [1.82, 2.24) is 5.06 Å². The number of hydrogen-bond acceptors (Lipinski definition) is 4. The molecule has 0 aliphatic carbocycles. The van der Waals surface area contributed by atoms with Crippen LogP contribution >= 0.6 is 0 Å². The van der Waals surface area contributed by atoms with E-state index in [1.807, 2.05) is 30.3 Å². The van der Waals surface area contributed by atoms with Crippen LogP contribution < -0.4 is 0 Å². The molecular weight excluding hydrogens is 246 g/mol. The second kappa shape index (κ2) is 6.14. The molecule has 0 amide bonds. The molecule has 0 radical (unpaired) electrons. The van der Waals surface area contributed by atoms with E-state index in [0.717, 1.165) is 18.4 Å². The van der Waals surface area contributed by atoms with Crippen molar-refractivity contribution in [3.8, 4) is 0 Å². The highest BCUT2D eigenvalue weighted by Gasteiger charge is 2.46. The Balaban J connectivity index is 2.06. The van der Waals surface area contributed by atoms with Crippen molar-refractivity contribution >= 4 is 5.97 Å². The van der Waals surface area contributed by atoms with Crippen molar-refractivity contribution < 1.29 is 19.8 Å². The molecule has 1 aromatic carbocycles. The third kappa shape index (κ3) is 2.94. The van der Waals surface area contributed by atoms with Gasteiger partial charge in [0.25, 0.3) is 0 Å². The van der Waals surface area contributed by atoms with Crippen LogP contribution in [0.1, 0.15) is 24.8 Å². The Bertz CT molecular complexity index is 423. The minimum absolute atomic E-state index is 0.315. The number of hydrogen-bond donors (Lipinski definition) is 2. The Morgan fingerprint density at radius 2 is 2.05 bits per heavy atom. The second-order valence-corrected chi connectivity index (χ2v) is 4.81. The molecule has 1 aliphatic heterocycles. The molecule has 1 aliphatic rings. The summed E-state index contributed by atoms with van der Waals surface area (Å²) in [7, 11) is 0. The first kappa shape index (κ1) is 14.0. The molecule has 5 heteroatoms. The first-order valence-corrected chi connectivity index (χ1v) is 6.48. The third-order valence-corrected chi connectivity index (χ3v) is 3.57. The number of carboxylic acid groups (broad SMARTS) is 1. The first-order valence-electron chi connectivity index (χ1n) is 6.48. The topological polar surface area (TPSA) is 70.0 Å². The Kier molecular flexibility index (Phi) is 4.52. The summed E-state index contributed by atoms with van der Waals surface area (Å²) in [5.41, 5.74) is -0.321. The number of aliphatic carboxylic acids is 1. The lowest BCUT2D eigenvalue weighted by molar-refractivity contribution is -0.254. The number of carbonyl (C=O) groups is 1. The molecule has 1 unspecified atom stereocenters. The van der Waals surface area contributed by atoms with E-state index in [0.29, 0.717) is 19.6 Å². The molecule has 0 saturated carbocycles. The lowest BCUT2D eigenvalue weighted by Gasteiger charge is -2.41. The summed E-state index contributed by atoms with van der Waals surface area (Å²) in [6.45, 7) is 0.409. The summed E-state index contributed by atoms with van der Waals surface area (Å²) in [6.07, 6.45) is 2.08. The molecule has 0 aromatic heterocycles. The number of aliphatic hydroxyl groups is 1. The van der Waals surface area contributed by atoms with E-state index in [1.54, 1.807) is 0 Å². The van der Waals surface area contributed by atoms with Gasteiger partial charge in [-0.1, -0.05) is 30.3 Å². The minimum atomic E-state index is -1.30. The van der Waals surface area contributed by atoms with E-state index < -0.39 is 18.1 Å². The van der Waals surface area contributed by atoms with Crippen molar-refractivity contribution in [2.24, 2.45) is 0 Å².